The fraction of sp³-hybridized carbons (Fsp3) is 0.647. The van der Waals surface area contributed by atoms with Gasteiger partial charge in [-0.25, -0.2) is 0 Å². The number of piperidine rings is 1. The van der Waals surface area contributed by atoms with Crippen molar-refractivity contribution in [1.29, 1.82) is 0 Å². The molecule has 2 unspecified atom stereocenters. The zero-order valence-electron chi connectivity index (χ0n) is 12.0. The van der Waals surface area contributed by atoms with Crippen LogP contribution >= 0.6 is 0 Å². The number of likely N-dealkylation sites (tertiary alicyclic amines) is 1. The minimum Gasteiger partial charge on any atom is -0.329 e. The number of hydrogen-bond acceptors (Lipinski definition) is 2. The first-order valence-corrected chi connectivity index (χ1v) is 7.86. The topological polar surface area (TPSA) is 29.3 Å². The lowest BCUT2D eigenvalue weighted by Gasteiger charge is -2.40. The summed E-state index contributed by atoms with van der Waals surface area (Å²) in [5.41, 5.74) is 9.21. The second-order valence-corrected chi connectivity index (χ2v) is 6.24. The van der Waals surface area contributed by atoms with Crippen molar-refractivity contribution in [3.05, 3.63) is 35.4 Å². The second-order valence-electron chi connectivity index (χ2n) is 6.24. The molecule has 1 saturated carbocycles. The summed E-state index contributed by atoms with van der Waals surface area (Å²) in [7, 11) is 0. The van der Waals surface area contributed by atoms with Crippen LogP contribution in [0.4, 0.5) is 0 Å². The van der Waals surface area contributed by atoms with E-state index >= 15 is 0 Å². The van der Waals surface area contributed by atoms with Crippen LogP contribution in [0.1, 0.15) is 62.1 Å². The molecule has 1 aliphatic heterocycles. The van der Waals surface area contributed by atoms with Crippen LogP contribution in [-0.4, -0.2) is 24.0 Å². The van der Waals surface area contributed by atoms with Gasteiger partial charge >= 0.3 is 0 Å². The highest BCUT2D eigenvalue weighted by Crippen LogP contribution is 2.44. The van der Waals surface area contributed by atoms with Crippen LogP contribution < -0.4 is 5.73 Å². The maximum Gasteiger partial charge on any atom is 0.0476 e. The molecule has 2 aliphatic rings. The average Bonchev–Trinajstić information content (AvgIpc) is 3.27. The van der Waals surface area contributed by atoms with E-state index in [4.69, 9.17) is 5.73 Å². The highest BCUT2D eigenvalue weighted by molar-refractivity contribution is 5.36. The molecule has 1 saturated heterocycles. The molecule has 3 rings (SSSR count). The fourth-order valence-electron chi connectivity index (χ4n) is 3.60. The van der Waals surface area contributed by atoms with Gasteiger partial charge in [0.05, 0.1) is 0 Å². The minimum atomic E-state index is 0.423. The van der Waals surface area contributed by atoms with Crippen molar-refractivity contribution in [2.75, 3.05) is 13.1 Å². The molecule has 2 fully saturated rings. The van der Waals surface area contributed by atoms with Crippen molar-refractivity contribution in [1.82, 2.24) is 4.90 Å². The molecule has 104 valence electrons. The molecular formula is C17H26N2. The van der Waals surface area contributed by atoms with E-state index in [-0.39, 0.29) is 0 Å². The molecule has 19 heavy (non-hydrogen) atoms. The number of hydrogen-bond donors (Lipinski definition) is 1. The van der Waals surface area contributed by atoms with Gasteiger partial charge < -0.3 is 5.73 Å². The fourth-order valence-corrected chi connectivity index (χ4v) is 3.60. The third-order valence-electron chi connectivity index (χ3n) is 4.85. The Balaban J connectivity index is 1.88. The van der Waals surface area contributed by atoms with Crippen molar-refractivity contribution in [2.45, 2.75) is 57.0 Å². The Bertz CT molecular complexity index is 425. The second kappa shape index (κ2) is 5.64. The summed E-state index contributed by atoms with van der Waals surface area (Å²) in [5.74, 6) is 0.811. The van der Waals surface area contributed by atoms with E-state index in [1.54, 1.807) is 5.56 Å². The van der Waals surface area contributed by atoms with Crippen LogP contribution in [-0.2, 0) is 0 Å². The van der Waals surface area contributed by atoms with Crippen LogP contribution in [0.15, 0.2) is 24.3 Å². The van der Waals surface area contributed by atoms with Crippen molar-refractivity contribution in [2.24, 2.45) is 5.73 Å². The summed E-state index contributed by atoms with van der Waals surface area (Å²) >= 11 is 0. The third kappa shape index (κ3) is 2.70. The van der Waals surface area contributed by atoms with Crippen molar-refractivity contribution in [3.63, 3.8) is 0 Å². The van der Waals surface area contributed by atoms with E-state index in [0.717, 1.165) is 12.5 Å². The quantitative estimate of drug-likeness (QED) is 0.896. The summed E-state index contributed by atoms with van der Waals surface area (Å²) in [4.78, 5) is 2.64. The Kier molecular flexibility index (Phi) is 3.90. The van der Waals surface area contributed by atoms with Gasteiger partial charge in [0, 0.05) is 18.6 Å². The Hall–Kier alpha value is -0.860. The number of rotatable bonds is 4. The maximum atomic E-state index is 6.15. The van der Waals surface area contributed by atoms with Gasteiger partial charge in [0.1, 0.15) is 0 Å². The van der Waals surface area contributed by atoms with Gasteiger partial charge in [-0.2, -0.15) is 0 Å². The lowest BCUT2D eigenvalue weighted by atomic mass is 9.92. The predicted octanol–water partition coefficient (Wildman–Crippen LogP) is 3.44. The molecular weight excluding hydrogens is 232 g/mol. The molecule has 2 heteroatoms. The van der Waals surface area contributed by atoms with Crippen LogP contribution in [0.2, 0.25) is 0 Å². The van der Waals surface area contributed by atoms with Crippen LogP contribution in [0.5, 0.6) is 0 Å². The normalized spacial score (nSPS) is 26.3. The summed E-state index contributed by atoms with van der Waals surface area (Å²) in [6, 6.07) is 10.1. The predicted molar refractivity (Wildman–Crippen MR) is 80.2 cm³/mol. The Morgan fingerprint density at radius 2 is 2.00 bits per heavy atom. The van der Waals surface area contributed by atoms with Gasteiger partial charge in [-0.15, -0.1) is 0 Å². The largest absolute Gasteiger partial charge is 0.329 e. The highest BCUT2D eigenvalue weighted by atomic mass is 15.2. The molecule has 1 aromatic rings. The van der Waals surface area contributed by atoms with Crippen molar-refractivity contribution in [3.8, 4) is 0 Å². The first-order chi connectivity index (χ1) is 9.31. The van der Waals surface area contributed by atoms with E-state index in [1.807, 2.05) is 0 Å². The number of nitrogens with two attached hydrogens (primary N) is 1. The Morgan fingerprint density at radius 3 is 2.68 bits per heavy atom. The molecule has 0 radical (unpaired) electrons. The van der Waals surface area contributed by atoms with Crippen LogP contribution in [0, 0.1) is 0 Å². The molecule has 2 nitrogen and oxygen atoms in total. The Labute approximate surface area is 117 Å². The van der Waals surface area contributed by atoms with Crippen molar-refractivity contribution < 1.29 is 0 Å². The molecule has 1 heterocycles. The molecule has 0 amide bonds. The van der Waals surface area contributed by atoms with E-state index in [0.29, 0.717) is 12.1 Å². The summed E-state index contributed by atoms with van der Waals surface area (Å²) in [6.45, 7) is 4.32. The van der Waals surface area contributed by atoms with Gasteiger partial charge in [0.15, 0.2) is 0 Å². The van der Waals surface area contributed by atoms with E-state index in [9.17, 15) is 0 Å². The van der Waals surface area contributed by atoms with Gasteiger partial charge in [-0.05, 0) is 56.2 Å². The first-order valence-electron chi connectivity index (χ1n) is 7.86. The standard InChI is InChI=1S/C17H26N2/c1-13-6-4-5-11-19(13)17(12-18)16-8-3-2-7-15(16)14-9-10-14/h2-3,7-8,13-14,17H,4-6,9-12,18H2,1H3. The first kappa shape index (κ1) is 13.1. The molecule has 1 aliphatic carbocycles. The van der Waals surface area contributed by atoms with Crippen molar-refractivity contribution >= 4 is 0 Å². The molecule has 0 bridgehead atoms. The molecule has 2 N–H and O–H groups in total. The molecule has 2 atom stereocenters. The molecule has 0 spiro atoms. The maximum absolute atomic E-state index is 6.15. The SMILES string of the molecule is CC1CCCCN1C(CN)c1ccccc1C1CC1. The van der Waals surface area contributed by atoms with Crippen LogP contribution in [0.25, 0.3) is 0 Å². The number of nitrogens with zero attached hydrogens (tertiary/aromatic N) is 1. The van der Waals surface area contributed by atoms with Gasteiger partial charge in [-0.1, -0.05) is 30.7 Å². The lowest BCUT2D eigenvalue weighted by molar-refractivity contribution is 0.108. The summed E-state index contributed by atoms with van der Waals surface area (Å²) in [5, 5.41) is 0. The van der Waals surface area contributed by atoms with E-state index in [1.165, 1.54) is 44.2 Å². The summed E-state index contributed by atoms with van der Waals surface area (Å²) in [6.07, 6.45) is 6.75. The van der Waals surface area contributed by atoms with E-state index < -0.39 is 0 Å². The Morgan fingerprint density at radius 1 is 1.21 bits per heavy atom. The zero-order valence-corrected chi connectivity index (χ0v) is 12.0. The smallest absolute Gasteiger partial charge is 0.0476 e. The molecule has 0 aromatic heterocycles. The summed E-state index contributed by atoms with van der Waals surface area (Å²) < 4.78 is 0. The lowest BCUT2D eigenvalue weighted by Crippen LogP contribution is -2.43. The number of benzene rings is 1. The monoisotopic (exact) mass is 258 g/mol. The highest BCUT2D eigenvalue weighted by Gasteiger charge is 2.32. The third-order valence-corrected chi connectivity index (χ3v) is 4.85. The van der Waals surface area contributed by atoms with Gasteiger partial charge in [0.25, 0.3) is 0 Å². The zero-order chi connectivity index (χ0) is 13.2. The average molecular weight is 258 g/mol. The van der Waals surface area contributed by atoms with Gasteiger partial charge in [-0.3, -0.25) is 4.90 Å². The van der Waals surface area contributed by atoms with Gasteiger partial charge in [0.2, 0.25) is 0 Å². The minimum absolute atomic E-state index is 0.423. The molecule has 1 aromatic carbocycles. The van der Waals surface area contributed by atoms with Crippen LogP contribution in [0.3, 0.4) is 0 Å². The van der Waals surface area contributed by atoms with E-state index in [2.05, 4.69) is 36.1 Å².